The van der Waals surface area contributed by atoms with Gasteiger partial charge >= 0.3 is 0 Å². The van der Waals surface area contributed by atoms with Crippen LogP contribution >= 0.6 is 0 Å². The fourth-order valence-electron chi connectivity index (χ4n) is 3.48. The van der Waals surface area contributed by atoms with Crippen LogP contribution in [0.5, 0.6) is 0 Å². The van der Waals surface area contributed by atoms with Crippen LogP contribution in [-0.2, 0) is 0 Å². The second kappa shape index (κ2) is 6.48. The summed E-state index contributed by atoms with van der Waals surface area (Å²) in [6.45, 7) is 11.5. The Morgan fingerprint density at radius 3 is 2.29 bits per heavy atom. The lowest BCUT2D eigenvalue weighted by atomic mass is 9.77. The standard InChI is InChI=1S/C19H30FN/c1-13-6-7-14(2)17(12-13)21-18(19(3,4)5)15-8-10-16(20)11-9-15/h8-11,13-14,17-18,21H,6-7,12H2,1-5H3. The summed E-state index contributed by atoms with van der Waals surface area (Å²) in [6, 6.07) is 7.81. The van der Waals surface area contributed by atoms with Crippen molar-refractivity contribution >= 4 is 0 Å². The smallest absolute Gasteiger partial charge is 0.123 e. The quantitative estimate of drug-likeness (QED) is 0.794. The maximum absolute atomic E-state index is 13.2. The van der Waals surface area contributed by atoms with E-state index in [0.29, 0.717) is 12.0 Å². The Kier molecular flexibility index (Phi) is 5.08. The van der Waals surface area contributed by atoms with Gasteiger partial charge in [-0.15, -0.1) is 0 Å². The molecule has 1 aliphatic rings. The van der Waals surface area contributed by atoms with E-state index in [1.807, 2.05) is 12.1 Å². The van der Waals surface area contributed by atoms with Crippen LogP contribution in [0.15, 0.2) is 24.3 Å². The Hall–Kier alpha value is -0.890. The molecule has 2 heteroatoms. The molecule has 1 nitrogen and oxygen atoms in total. The maximum atomic E-state index is 13.2. The largest absolute Gasteiger partial charge is 0.306 e. The summed E-state index contributed by atoms with van der Waals surface area (Å²) in [6.07, 6.45) is 3.89. The van der Waals surface area contributed by atoms with Gasteiger partial charge in [0, 0.05) is 12.1 Å². The molecule has 1 aromatic rings. The molecule has 0 bridgehead atoms. The molecule has 0 heterocycles. The molecular weight excluding hydrogens is 261 g/mol. The molecule has 1 fully saturated rings. The van der Waals surface area contributed by atoms with E-state index in [1.54, 1.807) is 12.1 Å². The lowest BCUT2D eigenvalue weighted by Crippen LogP contribution is -2.45. The third-order valence-corrected chi connectivity index (χ3v) is 4.91. The second-order valence-corrected chi connectivity index (χ2v) is 8.02. The predicted molar refractivity (Wildman–Crippen MR) is 87.7 cm³/mol. The summed E-state index contributed by atoms with van der Waals surface area (Å²) in [7, 11) is 0. The Labute approximate surface area is 129 Å². The monoisotopic (exact) mass is 291 g/mol. The van der Waals surface area contributed by atoms with Gasteiger partial charge in [-0.3, -0.25) is 0 Å². The fourth-order valence-corrected chi connectivity index (χ4v) is 3.48. The van der Waals surface area contributed by atoms with Crippen molar-refractivity contribution in [2.24, 2.45) is 17.3 Å². The molecule has 118 valence electrons. The van der Waals surface area contributed by atoms with Crippen molar-refractivity contribution in [2.45, 2.75) is 66.0 Å². The van der Waals surface area contributed by atoms with Gasteiger partial charge in [-0.2, -0.15) is 0 Å². The summed E-state index contributed by atoms with van der Waals surface area (Å²) in [5.41, 5.74) is 1.30. The number of nitrogens with one attached hydrogen (secondary N) is 1. The van der Waals surface area contributed by atoms with Crippen LogP contribution in [0.4, 0.5) is 4.39 Å². The van der Waals surface area contributed by atoms with E-state index in [2.05, 4.69) is 39.9 Å². The Morgan fingerprint density at radius 1 is 1.10 bits per heavy atom. The van der Waals surface area contributed by atoms with Gasteiger partial charge in [-0.05, 0) is 47.8 Å². The van der Waals surface area contributed by atoms with Crippen molar-refractivity contribution < 1.29 is 4.39 Å². The molecule has 0 saturated heterocycles. The van der Waals surface area contributed by atoms with Crippen molar-refractivity contribution in [1.29, 1.82) is 0 Å². The molecule has 1 N–H and O–H groups in total. The molecule has 4 unspecified atom stereocenters. The van der Waals surface area contributed by atoms with Crippen LogP contribution in [0.1, 0.15) is 65.5 Å². The van der Waals surface area contributed by atoms with Gasteiger partial charge < -0.3 is 5.32 Å². The molecule has 1 saturated carbocycles. The first-order valence-corrected chi connectivity index (χ1v) is 8.29. The zero-order chi connectivity index (χ0) is 15.6. The molecule has 1 aromatic carbocycles. The van der Waals surface area contributed by atoms with E-state index < -0.39 is 0 Å². The van der Waals surface area contributed by atoms with Crippen LogP contribution in [-0.4, -0.2) is 6.04 Å². The molecule has 0 aliphatic heterocycles. The average molecular weight is 291 g/mol. The Balaban J connectivity index is 2.19. The van der Waals surface area contributed by atoms with Gasteiger partial charge in [0.05, 0.1) is 0 Å². The molecular formula is C19H30FN. The highest BCUT2D eigenvalue weighted by atomic mass is 19.1. The second-order valence-electron chi connectivity index (χ2n) is 8.02. The first kappa shape index (κ1) is 16.5. The van der Waals surface area contributed by atoms with Crippen molar-refractivity contribution in [2.75, 3.05) is 0 Å². The van der Waals surface area contributed by atoms with Crippen LogP contribution in [0.25, 0.3) is 0 Å². The van der Waals surface area contributed by atoms with Crippen LogP contribution in [0.3, 0.4) is 0 Å². The number of hydrogen-bond acceptors (Lipinski definition) is 1. The fraction of sp³-hybridized carbons (Fsp3) is 0.684. The lowest BCUT2D eigenvalue weighted by Gasteiger charge is -2.40. The normalized spacial score (nSPS) is 28.4. The van der Waals surface area contributed by atoms with E-state index in [9.17, 15) is 4.39 Å². The highest BCUT2D eigenvalue weighted by Gasteiger charge is 2.32. The van der Waals surface area contributed by atoms with Crippen LogP contribution < -0.4 is 5.32 Å². The molecule has 0 aromatic heterocycles. The van der Waals surface area contributed by atoms with Crippen molar-refractivity contribution in [3.8, 4) is 0 Å². The van der Waals surface area contributed by atoms with E-state index in [-0.39, 0.29) is 17.3 Å². The minimum absolute atomic E-state index is 0.109. The van der Waals surface area contributed by atoms with Crippen molar-refractivity contribution in [1.82, 2.24) is 5.32 Å². The molecule has 4 atom stereocenters. The molecule has 2 rings (SSSR count). The van der Waals surface area contributed by atoms with E-state index >= 15 is 0 Å². The molecule has 0 spiro atoms. The first-order chi connectivity index (χ1) is 9.77. The van der Waals surface area contributed by atoms with Gasteiger partial charge in [-0.25, -0.2) is 4.39 Å². The number of hydrogen-bond donors (Lipinski definition) is 1. The number of benzene rings is 1. The minimum Gasteiger partial charge on any atom is -0.306 e. The summed E-state index contributed by atoms with van der Waals surface area (Å²) >= 11 is 0. The van der Waals surface area contributed by atoms with Gasteiger partial charge in [0.25, 0.3) is 0 Å². The number of halogens is 1. The zero-order valence-corrected chi connectivity index (χ0v) is 14.1. The molecule has 1 aliphatic carbocycles. The van der Waals surface area contributed by atoms with Gasteiger partial charge in [0.1, 0.15) is 5.82 Å². The zero-order valence-electron chi connectivity index (χ0n) is 14.1. The summed E-state index contributed by atoms with van der Waals surface area (Å²) in [4.78, 5) is 0. The van der Waals surface area contributed by atoms with Crippen molar-refractivity contribution in [3.05, 3.63) is 35.6 Å². The number of rotatable bonds is 3. The highest BCUT2D eigenvalue weighted by Crippen LogP contribution is 2.36. The molecule has 0 radical (unpaired) electrons. The Morgan fingerprint density at radius 2 is 1.71 bits per heavy atom. The third kappa shape index (κ3) is 4.29. The molecule has 21 heavy (non-hydrogen) atoms. The van der Waals surface area contributed by atoms with Gasteiger partial charge in [0.2, 0.25) is 0 Å². The predicted octanol–water partition coefficient (Wildman–Crippen LogP) is 5.33. The van der Waals surface area contributed by atoms with E-state index in [1.165, 1.54) is 24.8 Å². The molecule has 0 amide bonds. The SMILES string of the molecule is CC1CCC(C)C(NC(c2ccc(F)cc2)C(C)(C)C)C1. The first-order valence-electron chi connectivity index (χ1n) is 8.29. The highest BCUT2D eigenvalue weighted by molar-refractivity contribution is 5.22. The van der Waals surface area contributed by atoms with E-state index in [0.717, 1.165) is 5.92 Å². The maximum Gasteiger partial charge on any atom is 0.123 e. The topological polar surface area (TPSA) is 12.0 Å². The van der Waals surface area contributed by atoms with Gasteiger partial charge in [-0.1, -0.05) is 53.2 Å². The minimum atomic E-state index is -0.161. The third-order valence-electron chi connectivity index (χ3n) is 4.91. The summed E-state index contributed by atoms with van der Waals surface area (Å²) in [5.74, 6) is 1.35. The lowest BCUT2D eigenvalue weighted by molar-refractivity contribution is 0.169. The van der Waals surface area contributed by atoms with Crippen LogP contribution in [0, 0.1) is 23.1 Å². The van der Waals surface area contributed by atoms with Crippen molar-refractivity contribution in [3.63, 3.8) is 0 Å². The Bertz CT molecular complexity index is 446. The van der Waals surface area contributed by atoms with Crippen LogP contribution in [0.2, 0.25) is 0 Å². The average Bonchev–Trinajstić information content (AvgIpc) is 2.40. The van der Waals surface area contributed by atoms with Gasteiger partial charge in [0.15, 0.2) is 0 Å². The summed E-state index contributed by atoms with van der Waals surface area (Å²) in [5, 5.41) is 3.89. The summed E-state index contributed by atoms with van der Waals surface area (Å²) < 4.78 is 13.2. The van der Waals surface area contributed by atoms with E-state index in [4.69, 9.17) is 0 Å².